The maximum atomic E-state index is 11.7. The molecule has 5 heteroatoms. The molecule has 1 aliphatic heterocycles. The molecule has 0 saturated carbocycles. The van der Waals surface area contributed by atoms with Gasteiger partial charge in [-0.25, -0.2) is 4.98 Å². The van der Waals surface area contributed by atoms with Gasteiger partial charge in [0.05, 0.1) is 18.9 Å². The molecule has 0 N–H and O–H groups in total. The number of esters is 1. The van der Waals surface area contributed by atoms with Gasteiger partial charge in [-0.2, -0.15) is 0 Å². The van der Waals surface area contributed by atoms with Crippen molar-refractivity contribution < 1.29 is 9.53 Å². The molecular weight excluding hydrogens is 230 g/mol. The van der Waals surface area contributed by atoms with Gasteiger partial charge in [0.1, 0.15) is 0 Å². The van der Waals surface area contributed by atoms with Gasteiger partial charge in [-0.15, -0.1) is 0 Å². The van der Waals surface area contributed by atoms with Crippen LogP contribution in [0.4, 0.5) is 0 Å². The van der Waals surface area contributed by atoms with E-state index >= 15 is 0 Å². The van der Waals surface area contributed by atoms with E-state index in [-0.39, 0.29) is 11.9 Å². The Hall–Kier alpha value is -1.36. The summed E-state index contributed by atoms with van der Waals surface area (Å²) in [7, 11) is 0. The minimum Gasteiger partial charge on any atom is -0.466 e. The number of piperidine rings is 1. The number of rotatable bonds is 5. The van der Waals surface area contributed by atoms with Crippen LogP contribution in [0, 0.1) is 5.92 Å². The second-order valence-electron chi connectivity index (χ2n) is 4.69. The summed E-state index contributed by atoms with van der Waals surface area (Å²) in [6, 6.07) is 0. The molecule has 1 saturated heterocycles. The molecule has 2 heterocycles. The molecule has 0 aliphatic carbocycles. The fourth-order valence-electron chi connectivity index (χ4n) is 2.39. The minimum atomic E-state index is -0.0372. The first kappa shape index (κ1) is 13.1. The summed E-state index contributed by atoms with van der Waals surface area (Å²) in [5, 5.41) is 0. The zero-order chi connectivity index (χ0) is 12.8. The molecule has 0 radical (unpaired) electrons. The first-order chi connectivity index (χ1) is 8.79. The molecule has 5 nitrogen and oxygen atoms in total. The lowest BCUT2D eigenvalue weighted by molar-refractivity contribution is -0.149. The quantitative estimate of drug-likeness (QED) is 0.737. The highest BCUT2D eigenvalue weighted by Gasteiger charge is 2.26. The number of ether oxygens (including phenoxy) is 1. The largest absolute Gasteiger partial charge is 0.466 e. The van der Waals surface area contributed by atoms with Gasteiger partial charge < -0.3 is 14.2 Å². The Labute approximate surface area is 108 Å². The Balaban J connectivity index is 1.77. The predicted octanol–water partition coefficient (Wildman–Crippen LogP) is 1.16. The summed E-state index contributed by atoms with van der Waals surface area (Å²) in [4.78, 5) is 18.1. The van der Waals surface area contributed by atoms with Crippen LogP contribution in [0.3, 0.4) is 0 Å². The number of hydrogen-bond donors (Lipinski definition) is 0. The maximum absolute atomic E-state index is 11.7. The van der Waals surface area contributed by atoms with Crippen molar-refractivity contribution in [1.29, 1.82) is 0 Å². The van der Waals surface area contributed by atoms with Gasteiger partial charge >= 0.3 is 5.97 Å². The van der Waals surface area contributed by atoms with Gasteiger partial charge in [0.25, 0.3) is 0 Å². The van der Waals surface area contributed by atoms with Crippen LogP contribution in [0.1, 0.15) is 19.8 Å². The van der Waals surface area contributed by atoms with Crippen LogP contribution >= 0.6 is 0 Å². The SMILES string of the molecule is CCOC(=O)[C@H]1CCCN(CCn2ccnc2)C1. The van der Waals surface area contributed by atoms with Crippen LogP contribution in [0.15, 0.2) is 18.7 Å². The second-order valence-corrected chi connectivity index (χ2v) is 4.69. The number of carbonyl (C=O) groups excluding carboxylic acids is 1. The van der Waals surface area contributed by atoms with E-state index in [1.165, 1.54) is 0 Å². The third-order valence-electron chi connectivity index (χ3n) is 3.36. The Morgan fingerprint density at radius 1 is 1.50 bits per heavy atom. The summed E-state index contributed by atoms with van der Waals surface area (Å²) in [6.45, 7) is 6.13. The normalized spacial score (nSPS) is 20.8. The van der Waals surface area contributed by atoms with Crippen LogP contribution in [-0.4, -0.2) is 46.7 Å². The Kier molecular flexibility index (Phi) is 4.75. The van der Waals surface area contributed by atoms with Crippen molar-refractivity contribution in [2.24, 2.45) is 5.92 Å². The van der Waals surface area contributed by atoms with E-state index < -0.39 is 0 Å². The van der Waals surface area contributed by atoms with Gasteiger partial charge in [-0.3, -0.25) is 4.79 Å². The van der Waals surface area contributed by atoms with Crippen molar-refractivity contribution >= 4 is 5.97 Å². The lowest BCUT2D eigenvalue weighted by Crippen LogP contribution is -2.40. The van der Waals surface area contributed by atoms with Gasteiger partial charge in [0.2, 0.25) is 0 Å². The highest BCUT2D eigenvalue weighted by molar-refractivity contribution is 5.72. The maximum Gasteiger partial charge on any atom is 0.310 e. The average Bonchev–Trinajstić information content (AvgIpc) is 2.90. The minimum absolute atomic E-state index is 0.0372. The van der Waals surface area contributed by atoms with E-state index in [9.17, 15) is 4.79 Å². The zero-order valence-electron chi connectivity index (χ0n) is 10.9. The summed E-state index contributed by atoms with van der Waals surface area (Å²) in [5.41, 5.74) is 0. The zero-order valence-corrected chi connectivity index (χ0v) is 10.9. The number of nitrogens with zero attached hydrogens (tertiary/aromatic N) is 3. The molecule has 1 aromatic rings. The standard InChI is InChI=1S/C13H21N3O2/c1-2-18-13(17)12-4-3-6-15(10-12)8-9-16-7-5-14-11-16/h5,7,11-12H,2-4,6,8-10H2,1H3/t12-/m0/s1. The molecule has 0 bridgehead atoms. The Morgan fingerprint density at radius 2 is 2.39 bits per heavy atom. The van der Waals surface area contributed by atoms with E-state index in [0.717, 1.165) is 39.0 Å². The molecule has 100 valence electrons. The molecule has 0 spiro atoms. The first-order valence-corrected chi connectivity index (χ1v) is 6.64. The van der Waals surface area contributed by atoms with Crippen molar-refractivity contribution in [3.05, 3.63) is 18.7 Å². The summed E-state index contributed by atoms with van der Waals surface area (Å²) in [6.07, 6.45) is 7.62. The third-order valence-corrected chi connectivity index (χ3v) is 3.36. The van der Waals surface area contributed by atoms with Gasteiger partial charge in [-0.05, 0) is 26.3 Å². The van der Waals surface area contributed by atoms with Crippen LogP contribution in [0.2, 0.25) is 0 Å². The average molecular weight is 251 g/mol. The lowest BCUT2D eigenvalue weighted by atomic mass is 9.98. The molecule has 1 fully saturated rings. The van der Waals surface area contributed by atoms with Gasteiger partial charge in [0, 0.05) is 32.0 Å². The van der Waals surface area contributed by atoms with Crippen molar-refractivity contribution in [2.45, 2.75) is 26.3 Å². The highest BCUT2D eigenvalue weighted by Crippen LogP contribution is 2.17. The topological polar surface area (TPSA) is 47.4 Å². The molecule has 1 aliphatic rings. The van der Waals surface area contributed by atoms with Gasteiger partial charge in [0.15, 0.2) is 0 Å². The fraction of sp³-hybridized carbons (Fsp3) is 0.692. The van der Waals surface area contributed by atoms with Crippen LogP contribution < -0.4 is 0 Å². The van der Waals surface area contributed by atoms with E-state index in [1.54, 1.807) is 6.20 Å². The number of carbonyl (C=O) groups is 1. The number of imidazole rings is 1. The molecule has 0 unspecified atom stereocenters. The second kappa shape index (κ2) is 6.54. The fourth-order valence-corrected chi connectivity index (χ4v) is 2.39. The van der Waals surface area contributed by atoms with E-state index in [2.05, 4.69) is 14.5 Å². The van der Waals surface area contributed by atoms with Gasteiger partial charge in [-0.1, -0.05) is 0 Å². The van der Waals surface area contributed by atoms with Crippen LogP contribution in [0.25, 0.3) is 0 Å². The van der Waals surface area contributed by atoms with Crippen LogP contribution in [0.5, 0.6) is 0 Å². The lowest BCUT2D eigenvalue weighted by Gasteiger charge is -2.31. The Morgan fingerprint density at radius 3 is 3.11 bits per heavy atom. The molecule has 0 aromatic carbocycles. The molecule has 2 rings (SSSR count). The Bertz CT molecular complexity index is 364. The third kappa shape index (κ3) is 3.57. The van der Waals surface area contributed by atoms with E-state index in [4.69, 9.17) is 4.74 Å². The van der Waals surface area contributed by atoms with E-state index in [1.807, 2.05) is 19.4 Å². The van der Waals surface area contributed by atoms with Crippen molar-refractivity contribution in [1.82, 2.24) is 14.5 Å². The molecular formula is C13H21N3O2. The highest BCUT2D eigenvalue weighted by atomic mass is 16.5. The van der Waals surface area contributed by atoms with Crippen LogP contribution in [-0.2, 0) is 16.1 Å². The number of hydrogen-bond acceptors (Lipinski definition) is 4. The summed E-state index contributed by atoms with van der Waals surface area (Å²) >= 11 is 0. The number of aromatic nitrogens is 2. The molecule has 18 heavy (non-hydrogen) atoms. The monoisotopic (exact) mass is 251 g/mol. The summed E-state index contributed by atoms with van der Waals surface area (Å²) < 4.78 is 7.16. The smallest absolute Gasteiger partial charge is 0.310 e. The first-order valence-electron chi connectivity index (χ1n) is 6.64. The van der Waals surface area contributed by atoms with Crippen molar-refractivity contribution in [3.8, 4) is 0 Å². The van der Waals surface area contributed by atoms with Crippen molar-refractivity contribution in [3.63, 3.8) is 0 Å². The molecule has 0 amide bonds. The molecule has 1 atom stereocenters. The molecule has 1 aromatic heterocycles. The van der Waals surface area contributed by atoms with Crippen molar-refractivity contribution in [2.75, 3.05) is 26.2 Å². The predicted molar refractivity (Wildman–Crippen MR) is 68.0 cm³/mol. The summed E-state index contributed by atoms with van der Waals surface area (Å²) in [5.74, 6) is 0.0197. The van der Waals surface area contributed by atoms with E-state index in [0.29, 0.717) is 6.61 Å². The number of likely N-dealkylation sites (tertiary alicyclic amines) is 1.